The average Bonchev–Trinajstić information content (AvgIpc) is 2.87. The van der Waals surface area contributed by atoms with E-state index in [1.807, 2.05) is 60.8 Å². The molecule has 2 amide bonds. The molecule has 2 aliphatic heterocycles. The second kappa shape index (κ2) is 8.50. The van der Waals surface area contributed by atoms with Crippen LogP contribution in [0.1, 0.15) is 11.1 Å². The summed E-state index contributed by atoms with van der Waals surface area (Å²) in [4.78, 5) is 41.1. The molecule has 2 fully saturated rings. The molecule has 0 aliphatic carbocycles. The largest absolute Gasteiger partial charge is 0.327 e. The Bertz CT molecular complexity index is 1400. The average molecular weight is 452 g/mol. The highest BCUT2D eigenvalue weighted by Crippen LogP contribution is 2.24. The molecule has 0 spiro atoms. The monoisotopic (exact) mass is 451 g/mol. The van der Waals surface area contributed by atoms with Gasteiger partial charge in [0.05, 0.1) is 11.0 Å². The normalized spacial score (nSPS) is 19.1. The number of piperazine rings is 2. The molecule has 4 aromatic rings. The second-order valence-electron chi connectivity index (χ2n) is 9.06. The summed E-state index contributed by atoms with van der Waals surface area (Å²) in [7, 11) is 0. The van der Waals surface area contributed by atoms with Crippen LogP contribution in [0.4, 0.5) is 0 Å². The van der Waals surface area contributed by atoms with E-state index < -0.39 is 6.04 Å². The Hall–Kier alpha value is -3.84. The Labute approximate surface area is 197 Å². The van der Waals surface area contributed by atoms with Gasteiger partial charge in [0, 0.05) is 55.9 Å². The summed E-state index contributed by atoms with van der Waals surface area (Å²) in [6.45, 7) is 3.10. The molecular formula is C27H25N5O2. The molecule has 7 heteroatoms. The van der Waals surface area contributed by atoms with E-state index in [9.17, 15) is 9.59 Å². The summed E-state index contributed by atoms with van der Waals surface area (Å²) in [5, 5.41) is 2.16. The standard InChI is InChI=1S/C27H25N5O2/c33-26-18-31(15-19-13-20-5-1-3-7-23(20)29-14-19)27(34)25-17-30(11-12-32(25)26)16-21-9-10-28-24-8-4-2-6-22(21)24/h1-10,13-14,25H,11-12,15-18H2. The SMILES string of the molecule is O=C1C2CN(Cc3ccnc4ccccc34)CCN2C(=O)CN1Cc1cnc2ccccc2c1. The maximum Gasteiger partial charge on any atom is 0.247 e. The van der Waals surface area contributed by atoms with E-state index in [2.05, 4.69) is 20.9 Å². The number of benzene rings is 2. The van der Waals surface area contributed by atoms with Crippen LogP contribution in [0.2, 0.25) is 0 Å². The summed E-state index contributed by atoms with van der Waals surface area (Å²) in [6.07, 6.45) is 3.64. The lowest BCUT2D eigenvalue weighted by Gasteiger charge is -2.46. The second-order valence-corrected chi connectivity index (χ2v) is 9.06. The number of para-hydroxylation sites is 2. The van der Waals surface area contributed by atoms with E-state index in [-0.39, 0.29) is 18.4 Å². The summed E-state index contributed by atoms with van der Waals surface area (Å²) in [5.41, 5.74) is 4.01. The number of nitrogens with zero attached hydrogens (tertiary/aromatic N) is 5. The van der Waals surface area contributed by atoms with Crippen molar-refractivity contribution in [3.63, 3.8) is 0 Å². The third-order valence-corrected chi connectivity index (χ3v) is 6.86. The number of carbonyl (C=O) groups is 2. The molecule has 2 aromatic heterocycles. The minimum absolute atomic E-state index is 0.0112. The molecule has 7 nitrogen and oxygen atoms in total. The molecule has 0 bridgehead atoms. The fourth-order valence-electron chi connectivity index (χ4n) is 5.13. The van der Waals surface area contributed by atoms with Gasteiger partial charge in [0.15, 0.2) is 0 Å². The molecule has 0 N–H and O–H groups in total. The van der Waals surface area contributed by atoms with Crippen molar-refractivity contribution < 1.29 is 9.59 Å². The van der Waals surface area contributed by atoms with Crippen LogP contribution in [0, 0.1) is 0 Å². The quantitative estimate of drug-likeness (QED) is 0.477. The van der Waals surface area contributed by atoms with E-state index >= 15 is 0 Å². The molecule has 1 atom stereocenters. The molecule has 2 aromatic carbocycles. The van der Waals surface area contributed by atoms with Gasteiger partial charge in [-0.15, -0.1) is 0 Å². The van der Waals surface area contributed by atoms with Gasteiger partial charge in [-0.3, -0.25) is 24.5 Å². The first-order valence-electron chi connectivity index (χ1n) is 11.6. The third-order valence-electron chi connectivity index (χ3n) is 6.86. The van der Waals surface area contributed by atoms with Gasteiger partial charge in [-0.2, -0.15) is 0 Å². The zero-order valence-corrected chi connectivity index (χ0v) is 18.8. The number of pyridine rings is 2. The summed E-state index contributed by atoms with van der Waals surface area (Å²) in [6, 6.07) is 19.7. The number of carbonyl (C=O) groups excluding carboxylic acids is 2. The van der Waals surface area contributed by atoms with Gasteiger partial charge in [0.25, 0.3) is 0 Å². The van der Waals surface area contributed by atoms with Crippen LogP contribution in [-0.2, 0) is 22.7 Å². The highest BCUT2D eigenvalue weighted by atomic mass is 16.2. The Morgan fingerprint density at radius 2 is 1.71 bits per heavy atom. The van der Waals surface area contributed by atoms with Crippen molar-refractivity contribution in [2.75, 3.05) is 26.2 Å². The minimum atomic E-state index is -0.448. The molecule has 34 heavy (non-hydrogen) atoms. The van der Waals surface area contributed by atoms with Crippen molar-refractivity contribution in [3.8, 4) is 0 Å². The number of rotatable bonds is 4. The molecule has 2 saturated heterocycles. The van der Waals surface area contributed by atoms with Crippen molar-refractivity contribution in [3.05, 3.63) is 84.2 Å². The lowest BCUT2D eigenvalue weighted by molar-refractivity contribution is -0.160. The zero-order valence-electron chi connectivity index (χ0n) is 18.8. The van der Waals surface area contributed by atoms with Gasteiger partial charge in [0.2, 0.25) is 11.8 Å². The molecule has 0 saturated carbocycles. The van der Waals surface area contributed by atoms with Gasteiger partial charge < -0.3 is 9.80 Å². The van der Waals surface area contributed by atoms with Crippen molar-refractivity contribution in [2.45, 2.75) is 19.1 Å². The Kier molecular flexibility index (Phi) is 5.19. The highest BCUT2D eigenvalue weighted by molar-refractivity contribution is 5.95. The Morgan fingerprint density at radius 3 is 2.62 bits per heavy atom. The topological polar surface area (TPSA) is 69.6 Å². The molecule has 1 unspecified atom stereocenters. The molecular weight excluding hydrogens is 426 g/mol. The Morgan fingerprint density at radius 1 is 0.882 bits per heavy atom. The maximum atomic E-state index is 13.5. The summed E-state index contributed by atoms with van der Waals surface area (Å²) < 4.78 is 0. The van der Waals surface area contributed by atoms with Crippen LogP contribution in [0.3, 0.4) is 0 Å². The smallest absolute Gasteiger partial charge is 0.247 e. The van der Waals surface area contributed by atoms with Crippen LogP contribution in [0.25, 0.3) is 21.8 Å². The lowest BCUT2D eigenvalue weighted by atomic mass is 10.0. The first kappa shape index (κ1) is 20.7. The summed E-state index contributed by atoms with van der Waals surface area (Å²) >= 11 is 0. The van der Waals surface area contributed by atoms with Gasteiger partial charge >= 0.3 is 0 Å². The van der Waals surface area contributed by atoms with E-state index in [1.54, 1.807) is 16.0 Å². The van der Waals surface area contributed by atoms with Gasteiger partial charge in [-0.25, -0.2) is 0 Å². The number of hydrogen-bond donors (Lipinski definition) is 0. The van der Waals surface area contributed by atoms with Gasteiger partial charge in [-0.05, 0) is 35.4 Å². The highest BCUT2D eigenvalue weighted by Gasteiger charge is 2.42. The fourth-order valence-corrected chi connectivity index (χ4v) is 5.13. The molecule has 4 heterocycles. The van der Waals surface area contributed by atoms with Crippen LogP contribution < -0.4 is 0 Å². The maximum absolute atomic E-state index is 13.5. The van der Waals surface area contributed by atoms with Crippen LogP contribution >= 0.6 is 0 Å². The van der Waals surface area contributed by atoms with Crippen molar-refractivity contribution in [1.29, 1.82) is 0 Å². The van der Waals surface area contributed by atoms with Gasteiger partial charge in [-0.1, -0.05) is 36.4 Å². The molecule has 2 aliphatic rings. The first-order chi connectivity index (χ1) is 16.7. The summed E-state index contributed by atoms with van der Waals surface area (Å²) in [5.74, 6) is 0.0319. The van der Waals surface area contributed by atoms with E-state index in [4.69, 9.17) is 0 Å². The number of fused-ring (bicyclic) bond motifs is 3. The van der Waals surface area contributed by atoms with Crippen molar-refractivity contribution in [1.82, 2.24) is 24.7 Å². The molecule has 170 valence electrons. The van der Waals surface area contributed by atoms with Crippen LogP contribution in [0.15, 0.2) is 73.1 Å². The predicted octanol–water partition coefficient (Wildman–Crippen LogP) is 2.84. The Balaban J connectivity index is 1.20. The third kappa shape index (κ3) is 3.78. The van der Waals surface area contributed by atoms with Gasteiger partial charge in [0.1, 0.15) is 12.6 Å². The first-order valence-corrected chi connectivity index (χ1v) is 11.6. The van der Waals surface area contributed by atoms with Crippen molar-refractivity contribution in [2.24, 2.45) is 0 Å². The molecule has 6 rings (SSSR count). The predicted molar refractivity (Wildman–Crippen MR) is 130 cm³/mol. The lowest BCUT2D eigenvalue weighted by Crippen LogP contribution is -2.66. The van der Waals surface area contributed by atoms with E-state index in [0.717, 1.165) is 40.5 Å². The number of amides is 2. The number of hydrogen-bond acceptors (Lipinski definition) is 5. The molecule has 0 radical (unpaired) electrons. The van der Waals surface area contributed by atoms with Crippen LogP contribution in [0.5, 0.6) is 0 Å². The van der Waals surface area contributed by atoms with Crippen molar-refractivity contribution >= 4 is 33.6 Å². The number of aromatic nitrogens is 2. The fraction of sp³-hybridized carbons (Fsp3) is 0.259. The van der Waals surface area contributed by atoms with E-state index in [0.29, 0.717) is 19.6 Å². The minimum Gasteiger partial charge on any atom is -0.327 e. The van der Waals surface area contributed by atoms with Crippen LogP contribution in [-0.4, -0.2) is 68.7 Å². The zero-order chi connectivity index (χ0) is 23.1. The van der Waals surface area contributed by atoms with E-state index in [1.165, 1.54) is 5.56 Å².